The van der Waals surface area contributed by atoms with E-state index in [0.717, 1.165) is 19.4 Å². The number of ether oxygens (including phenoxy) is 1. The quantitative estimate of drug-likeness (QED) is 0.479. The van der Waals surface area contributed by atoms with Crippen LogP contribution in [0.4, 0.5) is 11.4 Å². The molecule has 21 heavy (non-hydrogen) atoms. The summed E-state index contributed by atoms with van der Waals surface area (Å²) in [6, 6.07) is 7.28. The third kappa shape index (κ3) is 8.35. The number of nitrogens with one attached hydrogen (secondary N) is 1. The second kappa shape index (κ2) is 11.1. The first-order chi connectivity index (χ1) is 10.2. The first-order valence-electron chi connectivity index (χ1n) is 7.96. The molecule has 1 aromatic carbocycles. The second-order valence-corrected chi connectivity index (χ2v) is 5.27. The zero-order chi connectivity index (χ0) is 15.3. The van der Waals surface area contributed by atoms with Gasteiger partial charge in [0.25, 0.3) is 0 Å². The summed E-state index contributed by atoms with van der Waals surface area (Å²) in [6.07, 6.45) is 7.43. The molecule has 0 heterocycles. The van der Waals surface area contributed by atoms with Crippen LogP contribution in [0.5, 0.6) is 0 Å². The van der Waals surface area contributed by atoms with Crippen molar-refractivity contribution in [1.29, 1.82) is 0 Å². The average Bonchev–Trinajstić information content (AvgIpc) is 2.48. The highest BCUT2D eigenvalue weighted by Crippen LogP contribution is 2.16. The van der Waals surface area contributed by atoms with Crippen LogP contribution >= 0.6 is 0 Å². The van der Waals surface area contributed by atoms with Gasteiger partial charge in [0, 0.05) is 19.6 Å². The molecule has 1 amide bonds. The molecule has 0 saturated heterocycles. The summed E-state index contributed by atoms with van der Waals surface area (Å²) in [4.78, 5) is 11.7. The number of carbonyl (C=O) groups is 1. The van der Waals surface area contributed by atoms with Crippen molar-refractivity contribution in [2.75, 3.05) is 24.3 Å². The normalized spacial score (nSPS) is 10.5. The molecule has 0 saturated carbocycles. The van der Waals surface area contributed by atoms with Crippen molar-refractivity contribution in [3.63, 3.8) is 0 Å². The monoisotopic (exact) mass is 292 g/mol. The summed E-state index contributed by atoms with van der Waals surface area (Å²) >= 11 is 0. The number of carbonyl (C=O) groups excluding carboxylic acids is 1. The van der Waals surface area contributed by atoms with Crippen molar-refractivity contribution in [3.05, 3.63) is 24.3 Å². The molecule has 4 heteroatoms. The zero-order valence-electron chi connectivity index (χ0n) is 13.1. The zero-order valence-corrected chi connectivity index (χ0v) is 13.1. The summed E-state index contributed by atoms with van der Waals surface area (Å²) in [5.74, 6) is -0.0144. The first-order valence-corrected chi connectivity index (χ1v) is 7.96. The van der Waals surface area contributed by atoms with Crippen molar-refractivity contribution < 1.29 is 9.53 Å². The number of para-hydroxylation sites is 2. The maximum absolute atomic E-state index is 11.7. The van der Waals surface area contributed by atoms with Crippen LogP contribution in [0.1, 0.15) is 51.9 Å². The maximum Gasteiger partial charge on any atom is 0.224 e. The minimum atomic E-state index is -0.0144. The summed E-state index contributed by atoms with van der Waals surface area (Å²) < 4.78 is 5.53. The molecule has 1 rings (SSSR count). The second-order valence-electron chi connectivity index (χ2n) is 5.27. The molecular formula is C17H28N2O2. The summed E-state index contributed by atoms with van der Waals surface area (Å²) in [7, 11) is 0. The van der Waals surface area contributed by atoms with E-state index in [9.17, 15) is 4.79 Å². The molecule has 0 fully saturated rings. The highest BCUT2D eigenvalue weighted by Gasteiger charge is 2.04. The molecule has 0 atom stereocenters. The van der Waals surface area contributed by atoms with Gasteiger partial charge in [-0.05, 0) is 25.0 Å². The number of nitrogens with two attached hydrogens (primary N) is 1. The van der Waals surface area contributed by atoms with E-state index in [1.165, 1.54) is 25.7 Å². The molecule has 3 N–H and O–H groups in total. The molecular weight excluding hydrogens is 264 g/mol. The number of nitrogen functional groups attached to an aromatic ring is 1. The Kier molecular flexibility index (Phi) is 9.29. The van der Waals surface area contributed by atoms with Gasteiger partial charge in [-0.15, -0.1) is 0 Å². The molecule has 0 aliphatic rings. The molecule has 0 bridgehead atoms. The van der Waals surface area contributed by atoms with Crippen LogP contribution in [0.2, 0.25) is 0 Å². The van der Waals surface area contributed by atoms with Gasteiger partial charge in [-0.25, -0.2) is 0 Å². The smallest absolute Gasteiger partial charge is 0.224 e. The largest absolute Gasteiger partial charge is 0.397 e. The van der Waals surface area contributed by atoms with Gasteiger partial charge in [-0.1, -0.05) is 44.7 Å². The maximum atomic E-state index is 11.7. The van der Waals surface area contributed by atoms with Gasteiger partial charge in [0.15, 0.2) is 0 Å². The minimum absolute atomic E-state index is 0.0144. The van der Waals surface area contributed by atoms with Crippen LogP contribution in [0.25, 0.3) is 0 Å². The molecule has 118 valence electrons. The SMILES string of the molecule is CCCCCCCOCCCC(=O)Nc1ccccc1N. The number of benzene rings is 1. The Morgan fingerprint density at radius 2 is 1.81 bits per heavy atom. The number of anilines is 2. The standard InChI is InChI=1S/C17H28N2O2/c1-2-3-4-5-8-13-21-14-9-12-17(20)19-16-11-7-6-10-15(16)18/h6-7,10-11H,2-5,8-9,12-14,18H2,1H3,(H,19,20). The Labute approximate surface area is 128 Å². The third-order valence-electron chi connectivity index (χ3n) is 3.32. The van der Waals surface area contributed by atoms with E-state index in [0.29, 0.717) is 24.4 Å². The fraction of sp³-hybridized carbons (Fsp3) is 0.588. The van der Waals surface area contributed by atoms with Crippen molar-refractivity contribution in [2.24, 2.45) is 0 Å². The number of hydrogen-bond donors (Lipinski definition) is 2. The van der Waals surface area contributed by atoms with E-state index in [-0.39, 0.29) is 5.91 Å². The van der Waals surface area contributed by atoms with E-state index in [1.54, 1.807) is 12.1 Å². The van der Waals surface area contributed by atoms with Gasteiger partial charge in [0.1, 0.15) is 0 Å². The molecule has 0 aromatic heterocycles. The topological polar surface area (TPSA) is 64.3 Å². The number of unbranched alkanes of at least 4 members (excludes halogenated alkanes) is 4. The Bertz CT molecular complexity index is 408. The molecule has 0 aliphatic carbocycles. The lowest BCUT2D eigenvalue weighted by atomic mass is 10.2. The highest BCUT2D eigenvalue weighted by molar-refractivity contribution is 5.93. The first kappa shape index (κ1) is 17.5. The fourth-order valence-electron chi connectivity index (χ4n) is 2.07. The summed E-state index contributed by atoms with van der Waals surface area (Å²) in [6.45, 7) is 3.66. The van der Waals surface area contributed by atoms with Crippen LogP contribution in [0, 0.1) is 0 Å². The predicted octanol–water partition coefficient (Wildman–Crippen LogP) is 3.97. The van der Waals surface area contributed by atoms with E-state index in [4.69, 9.17) is 10.5 Å². The number of rotatable bonds is 11. The average molecular weight is 292 g/mol. The molecule has 0 radical (unpaired) electrons. The van der Waals surface area contributed by atoms with E-state index < -0.39 is 0 Å². The van der Waals surface area contributed by atoms with Gasteiger partial charge in [-0.3, -0.25) is 4.79 Å². The Balaban J connectivity index is 2.00. The Morgan fingerprint density at radius 3 is 2.57 bits per heavy atom. The van der Waals surface area contributed by atoms with Crippen LogP contribution in [0.3, 0.4) is 0 Å². The lowest BCUT2D eigenvalue weighted by Crippen LogP contribution is -2.13. The van der Waals surface area contributed by atoms with E-state index in [1.807, 2.05) is 12.1 Å². The fourth-order valence-corrected chi connectivity index (χ4v) is 2.07. The van der Waals surface area contributed by atoms with Crippen molar-refractivity contribution in [3.8, 4) is 0 Å². The molecule has 1 aromatic rings. The van der Waals surface area contributed by atoms with Gasteiger partial charge in [-0.2, -0.15) is 0 Å². The van der Waals surface area contributed by atoms with Gasteiger partial charge in [0.05, 0.1) is 11.4 Å². The van der Waals surface area contributed by atoms with Crippen molar-refractivity contribution in [2.45, 2.75) is 51.9 Å². The number of hydrogen-bond acceptors (Lipinski definition) is 3. The molecule has 0 spiro atoms. The molecule has 0 aliphatic heterocycles. The summed E-state index contributed by atoms with van der Waals surface area (Å²) in [5, 5.41) is 2.82. The predicted molar refractivity (Wildman–Crippen MR) is 88.3 cm³/mol. The Hall–Kier alpha value is -1.55. The Morgan fingerprint density at radius 1 is 1.10 bits per heavy atom. The van der Waals surface area contributed by atoms with Crippen LogP contribution < -0.4 is 11.1 Å². The highest BCUT2D eigenvalue weighted by atomic mass is 16.5. The lowest BCUT2D eigenvalue weighted by molar-refractivity contribution is -0.116. The van der Waals surface area contributed by atoms with Crippen molar-refractivity contribution in [1.82, 2.24) is 0 Å². The third-order valence-corrected chi connectivity index (χ3v) is 3.32. The molecule has 4 nitrogen and oxygen atoms in total. The van der Waals surface area contributed by atoms with Gasteiger partial charge >= 0.3 is 0 Å². The minimum Gasteiger partial charge on any atom is -0.397 e. The summed E-state index contributed by atoms with van der Waals surface area (Å²) in [5.41, 5.74) is 7.05. The molecule has 0 unspecified atom stereocenters. The van der Waals surface area contributed by atoms with Gasteiger partial charge < -0.3 is 15.8 Å². The lowest BCUT2D eigenvalue weighted by Gasteiger charge is -2.08. The van der Waals surface area contributed by atoms with Crippen molar-refractivity contribution >= 4 is 17.3 Å². The van der Waals surface area contributed by atoms with Crippen LogP contribution in [-0.4, -0.2) is 19.1 Å². The van der Waals surface area contributed by atoms with E-state index >= 15 is 0 Å². The van der Waals surface area contributed by atoms with Crippen LogP contribution in [-0.2, 0) is 9.53 Å². The van der Waals surface area contributed by atoms with E-state index in [2.05, 4.69) is 12.2 Å². The van der Waals surface area contributed by atoms with Gasteiger partial charge in [0.2, 0.25) is 5.91 Å². The van der Waals surface area contributed by atoms with Crippen LogP contribution in [0.15, 0.2) is 24.3 Å². The number of amides is 1.